The quantitative estimate of drug-likeness (QED) is 0.596. The predicted molar refractivity (Wildman–Crippen MR) is 100 cm³/mol. The highest BCUT2D eigenvalue weighted by Crippen LogP contribution is 2.26. The third kappa shape index (κ3) is 5.08. The van der Waals surface area contributed by atoms with Crippen LogP contribution in [-0.2, 0) is 6.54 Å². The van der Waals surface area contributed by atoms with E-state index in [4.69, 9.17) is 16.0 Å². The van der Waals surface area contributed by atoms with Gasteiger partial charge in [-0.1, -0.05) is 23.7 Å². The van der Waals surface area contributed by atoms with Gasteiger partial charge in [0.1, 0.15) is 5.82 Å². The molecule has 1 aromatic heterocycles. The molecule has 3 amide bonds. The van der Waals surface area contributed by atoms with E-state index in [1.807, 2.05) is 0 Å². The van der Waals surface area contributed by atoms with Crippen molar-refractivity contribution in [3.63, 3.8) is 0 Å². The lowest BCUT2D eigenvalue weighted by Gasteiger charge is -2.10. The van der Waals surface area contributed by atoms with E-state index in [0.717, 1.165) is 5.56 Å². The van der Waals surface area contributed by atoms with Gasteiger partial charge in [0.15, 0.2) is 5.76 Å². The van der Waals surface area contributed by atoms with Crippen molar-refractivity contribution in [1.82, 2.24) is 5.32 Å². The zero-order valence-corrected chi connectivity index (χ0v) is 14.7. The Morgan fingerprint density at radius 2 is 1.81 bits per heavy atom. The summed E-state index contributed by atoms with van der Waals surface area (Å²) in [6.07, 6.45) is 1.40. The minimum Gasteiger partial charge on any atom is -0.459 e. The van der Waals surface area contributed by atoms with Crippen molar-refractivity contribution in [2.45, 2.75) is 6.54 Å². The van der Waals surface area contributed by atoms with Crippen LogP contribution in [-0.4, -0.2) is 11.9 Å². The van der Waals surface area contributed by atoms with Crippen molar-refractivity contribution in [2.24, 2.45) is 0 Å². The van der Waals surface area contributed by atoms with Crippen LogP contribution in [0.1, 0.15) is 16.1 Å². The van der Waals surface area contributed by atoms with Crippen molar-refractivity contribution in [2.75, 3.05) is 10.6 Å². The highest BCUT2D eigenvalue weighted by atomic mass is 35.5. The first kappa shape index (κ1) is 18.5. The van der Waals surface area contributed by atoms with Crippen molar-refractivity contribution >= 4 is 34.9 Å². The molecule has 0 unspecified atom stereocenters. The first-order valence-corrected chi connectivity index (χ1v) is 8.33. The molecule has 0 atom stereocenters. The average molecular weight is 388 g/mol. The molecule has 0 fully saturated rings. The van der Waals surface area contributed by atoms with Crippen molar-refractivity contribution < 1.29 is 18.4 Å². The molecule has 0 spiro atoms. The van der Waals surface area contributed by atoms with Crippen LogP contribution in [0.5, 0.6) is 0 Å². The van der Waals surface area contributed by atoms with Crippen LogP contribution in [0.3, 0.4) is 0 Å². The second kappa shape index (κ2) is 8.37. The van der Waals surface area contributed by atoms with Gasteiger partial charge in [-0.3, -0.25) is 4.79 Å². The summed E-state index contributed by atoms with van der Waals surface area (Å²) in [5, 5.41) is 8.16. The predicted octanol–water partition coefficient (Wildman–Crippen LogP) is 4.65. The standard InChI is InChI=1S/C19H15ClFN3O3/c20-15-10-14(7-8-16(15)24-18(25)17-2-1-9-27-17)23-19(26)22-11-12-3-5-13(21)6-4-12/h1-10H,11H2,(H,24,25)(H2,22,23,26). The average Bonchev–Trinajstić information content (AvgIpc) is 3.18. The molecule has 0 saturated carbocycles. The van der Waals surface area contributed by atoms with E-state index in [9.17, 15) is 14.0 Å². The molecular formula is C19H15ClFN3O3. The van der Waals surface area contributed by atoms with Crippen LogP contribution in [0.4, 0.5) is 20.6 Å². The van der Waals surface area contributed by atoms with Gasteiger partial charge in [-0.15, -0.1) is 0 Å². The number of anilines is 2. The summed E-state index contributed by atoms with van der Waals surface area (Å²) in [5.41, 5.74) is 1.60. The molecule has 6 nitrogen and oxygen atoms in total. The molecule has 2 aromatic carbocycles. The summed E-state index contributed by atoms with van der Waals surface area (Å²) < 4.78 is 17.9. The SMILES string of the molecule is O=C(NCc1ccc(F)cc1)Nc1ccc(NC(=O)c2ccco2)c(Cl)c1. The van der Waals surface area contributed by atoms with Crippen LogP contribution in [0, 0.1) is 5.82 Å². The van der Waals surface area contributed by atoms with Crippen LogP contribution >= 0.6 is 11.6 Å². The lowest BCUT2D eigenvalue weighted by atomic mass is 10.2. The van der Waals surface area contributed by atoms with E-state index < -0.39 is 11.9 Å². The molecule has 0 aliphatic carbocycles. The van der Waals surface area contributed by atoms with Gasteiger partial charge in [0.25, 0.3) is 5.91 Å². The summed E-state index contributed by atoms with van der Waals surface area (Å²) in [4.78, 5) is 23.9. The Morgan fingerprint density at radius 1 is 1.04 bits per heavy atom. The smallest absolute Gasteiger partial charge is 0.319 e. The van der Waals surface area contributed by atoms with Gasteiger partial charge in [-0.2, -0.15) is 0 Å². The second-order valence-corrected chi connectivity index (χ2v) is 5.97. The summed E-state index contributed by atoms with van der Waals surface area (Å²) in [6.45, 7) is 0.247. The number of hydrogen-bond acceptors (Lipinski definition) is 3. The second-order valence-electron chi connectivity index (χ2n) is 5.56. The van der Waals surface area contributed by atoms with Gasteiger partial charge < -0.3 is 20.4 Å². The third-order valence-corrected chi connectivity index (χ3v) is 3.90. The number of urea groups is 1. The molecule has 0 aliphatic rings. The molecule has 0 radical (unpaired) electrons. The van der Waals surface area contributed by atoms with E-state index in [1.54, 1.807) is 30.3 Å². The topological polar surface area (TPSA) is 83.4 Å². The molecule has 27 heavy (non-hydrogen) atoms. The van der Waals surface area contributed by atoms with Gasteiger partial charge in [0, 0.05) is 12.2 Å². The number of hydrogen-bond donors (Lipinski definition) is 3. The number of carbonyl (C=O) groups excluding carboxylic acids is 2. The van der Waals surface area contributed by atoms with E-state index in [1.165, 1.54) is 30.5 Å². The fourth-order valence-corrected chi connectivity index (χ4v) is 2.47. The van der Waals surface area contributed by atoms with Crippen LogP contribution < -0.4 is 16.0 Å². The van der Waals surface area contributed by atoms with E-state index in [-0.39, 0.29) is 23.1 Å². The first-order valence-electron chi connectivity index (χ1n) is 7.95. The zero-order chi connectivity index (χ0) is 19.2. The minimum atomic E-state index is -0.442. The Labute approximate surface area is 159 Å². The van der Waals surface area contributed by atoms with Crippen molar-refractivity contribution in [3.05, 3.63) is 83.0 Å². The highest BCUT2D eigenvalue weighted by molar-refractivity contribution is 6.34. The zero-order valence-electron chi connectivity index (χ0n) is 14.0. The first-order chi connectivity index (χ1) is 13.0. The van der Waals surface area contributed by atoms with Crippen LogP contribution in [0.25, 0.3) is 0 Å². The van der Waals surface area contributed by atoms with Gasteiger partial charge in [-0.25, -0.2) is 9.18 Å². The Bertz CT molecular complexity index is 943. The maximum absolute atomic E-state index is 12.9. The van der Waals surface area contributed by atoms with Gasteiger partial charge >= 0.3 is 6.03 Å². The number of rotatable bonds is 5. The van der Waals surface area contributed by atoms with E-state index in [0.29, 0.717) is 11.4 Å². The fourth-order valence-electron chi connectivity index (χ4n) is 2.25. The molecule has 1 heterocycles. The van der Waals surface area contributed by atoms with Gasteiger partial charge in [0.2, 0.25) is 0 Å². The van der Waals surface area contributed by atoms with Crippen LogP contribution in [0.2, 0.25) is 5.02 Å². The normalized spacial score (nSPS) is 10.3. The molecule has 3 N–H and O–H groups in total. The maximum Gasteiger partial charge on any atom is 0.319 e. The molecule has 138 valence electrons. The molecule has 3 aromatic rings. The fraction of sp³-hybridized carbons (Fsp3) is 0.0526. The largest absolute Gasteiger partial charge is 0.459 e. The molecule has 0 saturated heterocycles. The van der Waals surface area contributed by atoms with Gasteiger partial charge in [0.05, 0.1) is 17.0 Å². The summed E-state index contributed by atoms with van der Waals surface area (Å²) in [5.74, 6) is -0.606. The van der Waals surface area contributed by atoms with E-state index in [2.05, 4.69) is 16.0 Å². The number of furan rings is 1. The number of amides is 3. The maximum atomic E-state index is 12.9. The molecule has 3 rings (SSSR count). The molecule has 0 aliphatic heterocycles. The molecule has 8 heteroatoms. The lowest BCUT2D eigenvalue weighted by Crippen LogP contribution is -2.28. The Balaban J connectivity index is 1.55. The number of halogens is 2. The minimum absolute atomic E-state index is 0.161. The Morgan fingerprint density at radius 3 is 2.48 bits per heavy atom. The summed E-state index contributed by atoms with van der Waals surface area (Å²) in [6, 6.07) is 13.2. The third-order valence-electron chi connectivity index (χ3n) is 3.59. The number of benzene rings is 2. The highest BCUT2D eigenvalue weighted by Gasteiger charge is 2.12. The monoisotopic (exact) mass is 387 g/mol. The summed E-state index contributed by atoms with van der Waals surface area (Å²) in [7, 11) is 0. The number of carbonyl (C=O) groups is 2. The Kier molecular flexibility index (Phi) is 5.73. The van der Waals surface area contributed by atoms with Crippen molar-refractivity contribution in [3.8, 4) is 0 Å². The van der Waals surface area contributed by atoms with Crippen LogP contribution in [0.15, 0.2) is 65.3 Å². The van der Waals surface area contributed by atoms with E-state index >= 15 is 0 Å². The molecular weight excluding hydrogens is 373 g/mol. The van der Waals surface area contributed by atoms with Gasteiger partial charge in [-0.05, 0) is 48.0 Å². The van der Waals surface area contributed by atoms with Crippen molar-refractivity contribution in [1.29, 1.82) is 0 Å². The molecule has 0 bridgehead atoms. The Hall–Kier alpha value is -3.32. The summed E-state index contributed by atoms with van der Waals surface area (Å²) >= 11 is 6.15. The number of nitrogens with one attached hydrogen (secondary N) is 3. The lowest BCUT2D eigenvalue weighted by molar-refractivity contribution is 0.0996.